The number of piperidine rings is 5. The molecule has 0 bridgehead atoms. The molecule has 4 atom stereocenters. The molecule has 0 radical (unpaired) electrons. The molecular formula is C85H138N5O19PS. The molecule has 3 aromatic rings. The minimum Gasteiger partial charge on any atom is -0.466 e. The van der Waals surface area contributed by atoms with Crippen LogP contribution in [0.4, 0.5) is 14.4 Å². The third-order valence-corrected chi connectivity index (χ3v) is 23.6. The van der Waals surface area contributed by atoms with Crippen molar-refractivity contribution in [1.82, 2.24) is 24.5 Å². The molecule has 5 saturated heterocycles. The van der Waals surface area contributed by atoms with Crippen LogP contribution >= 0.6 is 7.60 Å². The van der Waals surface area contributed by atoms with Crippen LogP contribution in [0.25, 0.3) is 0 Å². The number of likely N-dealkylation sites (tertiary alicyclic amines) is 5. The van der Waals surface area contributed by atoms with Crippen molar-refractivity contribution in [1.29, 1.82) is 0 Å². The molecule has 111 heavy (non-hydrogen) atoms. The number of aryl methyl sites for hydroxylation is 1. The Kier molecular flexibility index (Phi) is 43.8. The number of hydrogen-bond donors (Lipinski definition) is 1. The van der Waals surface area contributed by atoms with E-state index >= 15 is 0 Å². The van der Waals surface area contributed by atoms with Crippen molar-refractivity contribution in [3.05, 3.63) is 113 Å². The van der Waals surface area contributed by atoms with Crippen LogP contribution in [0.3, 0.4) is 0 Å². The van der Waals surface area contributed by atoms with Gasteiger partial charge in [-0.25, -0.2) is 19.2 Å². The molecule has 4 unspecified atom stereocenters. The maximum atomic E-state index is 12.3. The van der Waals surface area contributed by atoms with Gasteiger partial charge in [-0.3, -0.25) is 32.9 Å². The summed E-state index contributed by atoms with van der Waals surface area (Å²) in [7, 11) is -6.96. The molecule has 5 aliphatic heterocycles. The average molecular weight is 1600 g/mol. The molecule has 5 aliphatic rings. The Morgan fingerprint density at radius 3 is 1.23 bits per heavy atom. The number of hydrogen-bond acceptors (Lipinski definition) is 21. The van der Waals surface area contributed by atoms with Crippen LogP contribution in [0.5, 0.6) is 0 Å². The first-order chi connectivity index (χ1) is 52.1. The molecule has 5 heterocycles. The Morgan fingerprint density at radius 2 is 0.883 bits per heavy atom. The second kappa shape index (κ2) is 49.3. The van der Waals surface area contributed by atoms with Gasteiger partial charge in [-0.15, -0.1) is 0 Å². The SMILES string of the molecule is CC(CO)C1CCN(C(=O)OC(C)(C)C)CC1.CCOC(=O)C(C)=C1CCN(Cc2ccccc2)CC1.CCOC(=O)C(C)C1CCN(C(=O)OC(C)(C)C)CC1.CCOP(=O)(OCC)C(C)C(C)=O.Cc1ccc(S(=O)(=O)OCC(C)C2CCN(C(=O)OC(C)(C)C)CC2)cc1.O=C1CCN(Cc2ccccc2)CC1. The van der Waals surface area contributed by atoms with Gasteiger partial charge < -0.3 is 52.5 Å². The van der Waals surface area contributed by atoms with Gasteiger partial charge in [0.25, 0.3) is 10.1 Å². The van der Waals surface area contributed by atoms with E-state index in [1.807, 2.05) is 116 Å². The summed E-state index contributed by atoms with van der Waals surface area (Å²) in [6, 6.07) is 27.6. The van der Waals surface area contributed by atoms with Crippen molar-refractivity contribution in [2.45, 2.75) is 243 Å². The van der Waals surface area contributed by atoms with E-state index in [0.717, 1.165) is 128 Å². The lowest BCUT2D eigenvalue weighted by atomic mass is 9.85. The average Bonchev–Trinajstić information content (AvgIpc) is 0.845. The number of Topliss-reactive ketones (excluding diaryl/α,β-unsaturated/α-hetero) is 2. The topological polar surface area (TPSA) is 281 Å². The minimum absolute atomic E-state index is 0.0889. The van der Waals surface area contributed by atoms with Crippen LogP contribution in [0, 0.1) is 42.4 Å². The number of nitrogens with zero attached hydrogens (tertiary/aromatic N) is 5. The Bertz CT molecular complexity index is 3430. The zero-order chi connectivity index (χ0) is 83.3. The molecule has 3 aromatic carbocycles. The highest BCUT2D eigenvalue weighted by Crippen LogP contribution is 2.53. The monoisotopic (exact) mass is 1600 g/mol. The van der Waals surface area contributed by atoms with Gasteiger partial charge in [-0.05, 0) is 222 Å². The van der Waals surface area contributed by atoms with Crippen molar-refractivity contribution in [3.63, 3.8) is 0 Å². The van der Waals surface area contributed by atoms with E-state index in [0.29, 0.717) is 62.9 Å². The molecule has 0 spiro atoms. The van der Waals surface area contributed by atoms with Crippen LogP contribution < -0.4 is 0 Å². The molecule has 0 aromatic heterocycles. The lowest BCUT2D eigenvalue weighted by molar-refractivity contribution is -0.150. The zero-order valence-electron chi connectivity index (χ0n) is 70.8. The first-order valence-electron chi connectivity index (χ1n) is 40.0. The summed E-state index contributed by atoms with van der Waals surface area (Å²) in [5.74, 6) is 1.39. The minimum atomic E-state index is -3.74. The van der Waals surface area contributed by atoms with Crippen molar-refractivity contribution in [3.8, 4) is 0 Å². The summed E-state index contributed by atoms with van der Waals surface area (Å²) in [4.78, 5) is 91.5. The van der Waals surface area contributed by atoms with Crippen molar-refractivity contribution in [2.75, 3.05) is 105 Å². The van der Waals surface area contributed by atoms with Gasteiger partial charge in [0.05, 0.1) is 43.8 Å². The first kappa shape index (κ1) is 98.6. The number of amides is 3. The highest BCUT2D eigenvalue weighted by atomic mass is 32.2. The number of carbonyl (C=O) groups excluding carboxylic acids is 7. The normalized spacial score (nSPS) is 17.6. The van der Waals surface area contributed by atoms with E-state index in [2.05, 4.69) is 65.3 Å². The molecule has 628 valence electrons. The smallest absolute Gasteiger partial charge is 0.410 e. The van der Waals surface area contributed by atoms with Gasteiger partial charge in [0.15, 0.2) is 0 Å². The molecule has 5 fully saturated rings. The lowest BCUT2D eigenvalue weighted by Crippen LogP contribution is -2.43. The largest absolute Gasteiger partial charge is 0.466 e. The summed E-state index contributed by atoms with van der Waals surface area (Å²) in [6.45, 7) is 48.3. The fourth-order valence-corrected chi connectivity index (χ4v) is 15.5. The Hall–Kier alpha value is -6.57. The van der Waals surface area contributed by atoms with E-state index < -0.39 is 40.2 Å². The van der Waals surface area contributed by atoms with E-state index in [9.17, 15) is 46.5 Å². The second-order valence-electron chi connectivity index (χ2n) is 32.3. The third-order valence-electron chi connectivity index (χ3n) is 19.8. The molecule has 0 aliphatic carbocycles. The standard InChI is InChI=1S/C20H31NO5S.C17H23NO2.C15H27NO4.C13H25NO3.C12H15NO.C8H17O4P/c1-15-6-8-18(9-7-15)27(23,24)25-14-16(2)17-10-12-21(13-11-17)19(22)26-20(3,4)5;1-3-20-17(19)14(2)16-9-11-18(12-10-16)13-15-7-5-4-6-8-15;1-6-19-13(17)11(2)12-7-9-16(10-8-12)14(18)20-15(3,4)5;1-10(9-15)11-5-7-14(8-6-11)12(16)17-13(2,3)4;14-12-6-8-13(9-7-12)10-11-4-2-1-3-5-11;1-5-11-13(10,12-6-2)8(4)7(3)9/h6-9,16-17H,10-14H2,1-5H3;4-8H,3,9-13H2,1-2H3;11-12H,6-10H2,1-5H3;10-11,15H,5-9H2,1-4H3;1-5H,6-10H2;8H,5-6H2,1-4H3. The summed E-state index contributed by atoms with van der Waals surface area (Å²) in [5, 5.41) is 9.11. The Morgan fingerprint density at radius 1 is 0.514 bits per heavy atom. The van der Waals surface area contributed by atoms with Crippen LogP contribution in [0.2, 0.25) is 0 Å². The molecule has 0 saturated carbocycles. The van der Waals surface area contributed by atoms with Crippen LogP contribution in [-0.4, -0.2) is 207 Å². The van der Waals surface area contributed by atoms with Gasteiger partial charge in [0.1, 0.15) is 34.0 Å². The number of aliphatic hydroxyl groups excluding tert-OH is 1. The van der Waals surface area contributed by atoms with E-state index in [4.69, 9.17) is 42.0 Å². The predicted molar refractivity (Wildman–Crippen MR) is 434 cm³/mol. The van der Waals surface area contributed by atoms with Gasteiger partial charge in [0, 0.05) is 104 Å². The maximum absolute atomic E-state index is 12.3. The number of rotatable bonds is 22. The first-order valence-corrected chi connectivity index (χ1v) is 43.1. The van der Waals surface area contributed by atoms with Crippen LogP contribution in [0.1, 0.15) is 212 Å². The van der Waals surface area contributed by atoms with Crippen molar-refractivity contribution >= 4 is 59.5 Å². The zero-order valence-corrected chi connectivity index (χ0v) is 72.5. The fraction of sp³-hybridized carbons (Fsp3) is 0.682. The van der Waals surface area contributed by atoms with E-state index in [1.165, 1.54) is 23.6 Å². The molecule has 1 N–H and O–H groups in total. The van der Waals surface area contributed by atoms with Gasteiger partial charge in [-0.1, -0.05) is 105 Å². The second-order valence-corrected chi connectivity index (χ2v) is 36.3. The van der Waals surface area contributed by atoms with Crippen molar-refractivity contribution < 1.29 is 88.6 Å². The number of benzene rings is 3. The predicted octanol–water partition coefficient (Wildman–Crippen LogP) is 16.3. The molecule has 24 nitrogen and oxygen atoms in total. The van der Waals surface area contributed by atoms with Gasteiger partial charge in [0.2, 0.25) is 0 Å². The Labute approximate surface area is 665 Å². The summed E-state index contributed by atoms with van der Waals surface area (Å²) < 4.78 is 78.0. The summed E-state index contributed by atoms with van der Waals surface area (Å²) in [6.07, 6.45) is 7.82. The quantitative estimate of drug-likeness (QED) is 0.0321. The number of carbonyl (C=O) groups is 7. The number of esters is 2. The Balaban J connectivity index is 0.000000351. The van der Waals surface area contributed by atoms with E-state index in [1.54, 1.807) is 59.7 Å². The van der Waals surface area contributed by atoms with E-state index in [-0.39, 0.29) is 85.1 Å². The molecule has 26 heteroatoms. The number of ether oxygens (including phenoxy) is 5. The van der Waals surface area contributed by atoms with Crippen LogP contribution in [0.15, 0.2) is 101 Å². The van der Waals surface area contributed by atoms with Gasteiger partial charge in [-0.2, -0.15) is 8.42 Å². The highest BCUT2D eigenvalue weighted by molar-refractivity contribution is 7.86. The van der Waals surface area contributed by atoms with Crippen molar-refractivity contribution in [2.24, 2.45) is 35.5 Å². The third kappa shape index (κ3) is 38.4. The fourth-order valence-electron chi connectivity index (χ4n) is 12.8. The molecule has 3 amide bonds. The maximum Gasteiger partial charge on any atom is 0.410 e. The number of aliphatic hydroxyl groups is 1. The summed E-state index contributed by atoms with van der Waals surface area (Å²) >= 11 is 0. The molecular weight excluding hydrogens is 1460 g/mol. The lowest BCUT2D eigenvalue weighted by Gasteiger charge is -2.35. The highest BCUT2D eigenvalue weighted by Gasteiger charge is 2.37. The number of ketones is 2. The van der Waals surface area contributed by atoms with Crippen LogP contribution in [-0.2, 0) is 83.9 Å². The molecule has 8 rings (SSSR count). The van der Waals surface area contributed by atoms with Gasteiger partial charge >= 0.3 is 37.8 Å². The summed E-state index contributed by atoms with van der Waals surface area (Å²) in [5.41, 5.74) is 3.69.